The topological polar surface area (TPSA) is 43.1 Å². The Hall–Kier alpha value is -0.320. The van der Waals surface area contributed by atoms with Gasteiger partial charge in [0.05, 0.1) is 0 Å². The van der Waals surface area contributed by atoms with Crippen LogP contribution in [0.4, 0.5) is 0 Å². The molecule has 0 radical (unpaired) electrons. The lowest BCUT2D eigenvalue weighted by atomic mass is 10.4. The molecule has 0 fully saturated rings. The summed E-state index contributed by atoms with van der Waals surface area (Å²) < 4.78 is 11.5. The summed E-state index contributed by atoms with van der Waals surface area (Å²) in [6.45, 7) is 1.89. The van der Waals surface area contributed by atoms with E-state index in [-0.39, 0.29) is 6.04 Å². The highest BCUT2D eigenvalue weighted by molar-refractivity contribution is 8.00. The van der Waals surface area contributed by atoms with Crippen molar-refractivity contribution in [3.05, 3.63) is 30.3 Å². The Balaban J connectivity index is 2.19. The number of hydrogen-bond donors (Lipinski definition) is 1. The third-order valence-electron chi connectivity index (χ3n) is 1.77. The first-order chi connectivity index (χ1) is 7.18. The molecule has 2 nitrogen and oxygen atoms in total. The van der Waals surface area contributed by atoms with Crippen LogP contribution >= 0.6 is 11.8 Å². The molecular weight excluding hydrogens is 226 g/mol. The van der Waals surface area contributed by atoms with Gasteiger partial charge in [-0.25, -0.2) is 0 Å². The normalized spacial score (nSPS) is 14.8. The summed E-state index contributed by atoms with van der Waals surface area (Å²) in [4.78, 5) is 1.23. The molecule has 15 heavy (non-hydrogen) atoms. The predicted molar refractivity (Wildman–Crippen MR) is 68.7 cm³/mol. The van der Waals surface area contributed by atoms with Gasteiger partial charge in [-0.3, -0.25) is 4.21 Å². The van der Waals surface area contributed by atoms with E-state index in [1.807, 2.05) is 25.1 Å². The highest BCUT2D eigenvalue weighted by atomic mass is 32.2. The Kier molecular flexibility index (Phi) is 5.98. The van der Waals surface area contributed by atoms with Crippen molar-refractivity contribution >= 4 is 22.6 Å². The third kappa shape index (κ3) is 5.97. The largest absolute Gasteiger partial charge is 0.327 e. The Labute approximate surface area is 98.1 Å². The molecule has 0 aliphatic rings. The minimum absolute atomic E-state index is 0.0348. The van der Waals surface area contributed by atoms with Crippen LogP contribution in [0.2, 0.25) is 0 Å². The number of thioether (sulfide) groups is 1. The fourth-order valence-corrected chi connectivity index (χ4v) is 3.56. The molecule has 4 heteroatoms. The van der Waals surface area contributed by atoms with Gasteiger partial charge in [0.2, 0.25) is 0 Å². The average molecular weight is 243 g/mol. The molecule has 0 amide bonds. The molecule has 1 rings (SSSR count). The molecule has 2 atom stereocenters. The fourth-order valence-electron chi connectivity index (χ4n) is 1.15. The Morgan fingerprint density at radius 1 is 1.40 bits per heavy atom. The van der Waals surface area contributed by atoms with E-state index < -0.39 is 10.8 Å². The van der Waals surface area contributed by atoms with Gasteiger partial charge >= 0.3 is 0 Å². The van der Waals surface area contributed by atoms with E-state index in [0.717, 1.165) is 11.5 Å². The zero-order valence-corrected chi connectivity index (χ0v) is 10.5. The molecule has 0 saturated heterocycles. The molecule has 0 aromatic heterocycles. The molecule has 2 unspecified atom stereocenters. The van der Waals surface area contributed by atoms with Crippen molar-refractivity contribution in [2.75, 3.05) is 17.3 Å². The summed E-state index contributed by atoms with van der Waals surface area (Å²) in [5.41, 5.74) is 5.58. The van der Waals surface area contributed by atoms with Crippen molar-refractivity contribution in [3.63, 3.8) is 0 Å². The van der Waals surface area contributed by atoms with E-state index >= 15 is 0 Å². The molecule has 0 bridgehead atoms. The van der Waals surface area contributed by atoms with Crippen LogP contribution in [-0.4, -0.2) is 27.5 Å². The van der Waals surface area contributed by atoms with Crippen LogP contribution < -0.4 is 5.73 Å². The van der Waals surface area contributed by atoms with Crippen LogP contribution in [-0.2, 0) is 10.8 Å². The summed E-state index contributed by atoms with van der Waals surface area (Å²) in [5, 5.41) is 0. The van der Waals surface area contributed by atoms with Crippen LogP contribution in [0.1, 0.15) is 6.92 Å². The van der Waals surface area contributed by atoms with Gasteiger partial charge in [-0.15, -0.1) is 11.8 Å². The van der Waals surface area contributed by atoms with Crippen molar-refractivity contribution in [3.8, 4) is 0 Å². The predicted octanol–water partition coefficient (Wildman–Crippen LogP) is 1.87. The zero-order chi connectivity index (χ0) is 11.1. The summed E-state index contributed by atoms with van der Waals surface area (Å²) in [6.07, 6.45) is 0. The third-order valence-corrected chi connectivity index (χ3v) is 4.60. The molecule has 0 saturated carbocycles. The van der Waals surface area contributed by atoms with Gasteiger partial charge in [0.1, 0.15) is 0 Å². The summed E-state index contributed by atoms with van der Waals surface area (Å²) in [5.74, 6) is 2.22. The first-order valence-electron chi connectivity index (χ1n) is 4.97. The van der Waals surface area contributed by atoms with Gasteiger partial charge in [-0.05, 0) is 19.1 Å². The maximum absolute atomic E-state index is 11.5. The molecule has 0 spiro atoms. The lowest BCUT2D eigenvalue weighted by Gasteiger charge is -2.05. The van der Waals surface area contributed by atoms with Crippen molar-refractivity contribution in [2.24, 2.45) is 5.73 Å². The van der Waals surface area contributed by atoms with Gasteiger partial charge in [0, 0.05) is 39.0 Å². The van der Waals surface area contributed by atoms with Crippen molar-refractivity contribution in [1.29, 1.82) is 0 Å². The Morgan fingerprint density at radius 2 is 2.07 bits per heavy atom. The van der Waals surface area contributed by atoms with E-state index in [1.165, 1.54) is 4.90 Å². The minimum Gasteiger partial charge on any atom is -0.327 e. The number of rotatable bonds is 6. The second kappa shape index (κ2) is 7.04. The number of hydrogen-bond acceptors (Lipinski definition) is 3. The summed E-state index contributed by atoms with van der Waals surface area (Å²) in [6, 6.07) is 10.2. The lowest BCUT2D eigenvalue weighted by molar-refractivity contribution is 0.677. The maximum Gasteiger partial charge on any atom is 0.0384 e. The first kappa shape index (κ1) is 12.7. The minimum atomic E-state index is -0.770. The standard InChI is InChI=1S/C11H17NOS2/c1-10(12)9-15(13)8-7-14-11-5-3-2-4-6-11/h2-6,10H,7-9,12H2,1H3. The van der Waals surface area contributed by atoms with Crippen molar-refractivity contribution in [1.82, 2.24) is 0 Å². The highest BCUT2D eigenvalue weighted by Gasteiger charge is 2.03. The molecule has 0 aliphatic heterocycles. The van der Waals surface area contributed by atoms with Gasteiger partial charge in [0.15, 0.2) is 0 Å². The summed E-state index contributed by atoms with van der Waals surface area (Å²) >= 11 is 1.74. The quantitative estimate of drug-likeness (QED) is 0.776. The van der Waals surface area contributed by atoms with Crippen LogP contribution in [0.5, 0.6) is 0 Å². The first-order valence-corrected chi connectivity index (χ1v) is 7.44. The van der Waals surface area contributed by atoms with Gasteiger partial charge < -0.3 is 5.73 Å². The van der Waals surface area contributed by atoms with Crippen molar-refractivity contribution < 1.29 is 4.21 Å². The Bertz CT molecular complexity index is 301. The zero-order valence-electron chi connectivity index (χ0n) is 8.89. The lowest BCUT2D eigenvalue weighted by Crippen LogP contribution is -2.24. The van der Waals surface area contributed by atoms with Crippen LogP contribution in [0.25, 0.3) is 0 Å². The second-order valence-corrected chi connectivity index (χ2v) is 6.24. The van der Waals surface area contributed by atoms with Crippen molar-refractivity contribution in [2.45, 2.75) is 17.9 Å². The molecule has 2 N–H and O–H groups in total. The number of benzene rings is 1. The molecule has 0 aliphatic carbocycles. The van der Waals surface area contributed by atoms with Crippen LogP contribution in [0, 0.1) is 0 Å². The maximum atomic E-state index is 11.5. The van der Waals surface area contributed by atoms with E-state index in [9.17, 15) is 4.21 Å². The molecule has 84 valence electrons. The van der Waals surface area contributed by atoms with E-state index in [2.05, 4.69) is 12.1 Å². The smallest absolute Gasteiger partial charge is 0.0384 e. The van der Waals surface area contributed by atoms with E-state index in [4.69, 9.17) is 5.73 Å². The summed E-state index contributed by atoms with van der Waals surface area (Å²) in [7, 11) is -0.770. The molecule has 0 heterocycles. The molecular formula is C11H17NOS2. The molecule has 1 aromatic rings. The highest BCUT2D eigenvalue weighted by Crippen LogP contribution is 2.16. The van der Waals surface area contributed by atoms with Crippen LogP contribution in [0.3, 0.4) is 0 Å². The van der Waals surface area contributed by atoms with Gasteiger partial charge in [0.25, 0.3) is 0 Å². The van der Waals surface area contributed by atoms with E-state index in [1.54, 1.807) is 11.8 Å². The number of nitrogens with two attached hydrogens (primary N) is 1. The average Bonchev–Trinajstić information content (AvgIpc) is 2.18. The second-order valence-electron chi connectivity index (χ2n) is 3.45. The molecule has 1 aromatic carbocycles. The van der Waals surface area contributed by atoms with E-state index in [0.29, 0.717) is 5.75 Å². The van der Waals surface area contributed by atoms with Crippen LogP contribution in [0.15, 0.2) is 35.2 Å². The Morgan fingerprint density at radius 3 is 2.67 bits per heavy atom. The van der Waals surface area contributed by atoms with Gasteiger partial charge in [-0.1, -0.05) is 18.2 Å². The fraction of sp³-hybridized carbons (Fsp3) is 0.455. The SMILES string of the molecule is CC(N)CS(=O)CCSc1ccccc1. The van der Waals surface area contributed by atoms with Gasteiger partial charge in [-0.2, -0.15) is 0 Å². The monoisotopic (exact) mass is 243 g/mol.